The molecule has 0 spiro atoms. The Balaban J connectivity index is -0.0000000211. The molecule has 0 aromatic heterocycles. The van der Waals surface area contributed by atoms with Gasteiger partial charge in [-0.25, -0.2) is 0 Å². The lowest BCUT2D eigenvalue weighted by atomic mass is 10.4. The Morgan fingerprint density at radius 2 is 0.667 bits per heavy atom. The molecule has 0 radical (unpaired) electrons. The summed E-state index contributed by atoms with van der Waals surface area (Å²) < 4.78 is 0. The lowest BCUT2D eigenvalue weighted by Gasteiger charge is -1.69. The van der Waals surface area contributed by atoms with Crippen molar-refractivity contribution >= 4 is 5.78 Å². The number of halogens is 5. The predicted octanol–water partition coefficient (Wildman–Crippen LogP) is 3.04. The van der Waals surface area contributed by atoms with Crippen LogP contribution in [0.25, 0.3) is 0 Å². The summed E-state index contributed by atoms with van der Waals surface area (Å²) in [5.41, 5.74) is 0. The van der Waals surface area contributed by atoms with Gasteiger partial charge in [-0.05, 0) is 13.8 Å². The van der Waals surface area contributed by atoms with E-state index in [0.29, 0.717) is 0 Å². The molecular formula is C9H17F5O. The van der Waals surface area contributed by atoms with E-state index in [1.54, 1.807) is 0 Å². The second kappa shape index (κ2) is 29.4. The van der Waals surface area contributed by atoms with Gasteiger partial charge in [0.05, 0.1) is 0 Å². The van der Waals surface area contributed by atoms with Gasteiger partial charge in [-0.2, -0.15) is 0 Å². The Hall–Kier alpha value is -1.46. The molecule has 0 atom stereocenters. The second-order valence-corrected chi connectivity index (χ2v) is 2.06. The lowest BCUT2D eigenvalue weighted by Crippen LogP contribution is -1.69. The largest absolute Gasteiger partial charge is 0.300 e. The summed E-state index contributed by atoms with van der Waals surface area (Å²) in [4.78, 5) is 9.44. The zero-order valence-corrected chi connectivity index (χ0v) is 8.41. The molecule has 0 saturated heterocycles. The third-order valence-corrected chi connectivity index (χ3v) is 0.667. The fourth-order valence-electron chi connectivity index (χ4n) is 0.385. The number of hydrogen-bond donors (Lipinski definition) is 0. The van der Waals surface area contributed by atoms with Gasteiger partial charge in [0, 0.05) is 0 Å². The van der Waals surface area contributed by atoms with E-state index >= 15 is 0 Å². The van der Waals surface area contributed by atoms with Crippen LogP contribution in [0.3, 0.4) is 0 Å². The van der Waals surface area contributed by atoms with Gasteiger partial charge in [0.1, 0.15) is 5.78 Å². The first-order valence-electron chi connectivity index (χ1n) is 3.20. The van der Waals surface area contributed by atoms with E-state index in [1.165, 1.54) is 13.8 Å². The van der Waals surface area contributed by atoms with Crippen LogP contribution >= 0.6 is 0 Å². The normalized spacial score (nSPS) is 4.93. The van der Waals surface area contributed by atoms with Crippen LogP contribution in [0.4, 0.5) is 23.5 Å². The molecule has 6 heteroatoms. The van der Waals surface area contributed by atoms with E-state index in [1.807, 2.05) is 36.4 Å². The summed E-state index contributed by atoms with van der Waals surface area (Å²) in [7, 11) is 0. The minimum absolute atomic E-state index is 0. The van der Waals surface area contributed by atoms with Gasteiger partial charge < -0.3 is 4.79 Å². The molecule has 0 heterocycles. The standard InChI is InChI=1S/C6H6.C3H6O.5FH/c1-2-4-6-5-3-1;1-3(2)4;;;;;/h1-6H;1-2H3;5*1H. The molecule has 0 aliphatic rings. The Labute approximate surface area is 85.3 Å². The number of hydrogen-bond acceptors (Lipinski definition) is 1. The number of carbonyl (C=O) groups excluding carboxylic acids is 1. The smallest absolute Gasteiger partial charge is 0.126 e. The third-order valence-electron chi connectivity index (χ3n) is 0.667. The van der Waals surface area contributed by atoms with Crippen molar-refractivity contribution in [1.29, 1.82) is 0 Å². The highest BCUT2D eigenvalue weighted by molar-refractivity contribution is 5.72. The third kappa shape index (κ3) is 67.6. The minimum Gasteiger partial charge on any atom is -0.300 e. The molecular weight excluding hydrogens is 219 g/mol. The molecule has 0 bridgehead atoms. The van der Waals surface area contributed by atoms with Crippen molar-refractivity contribution in [1.82, 2.24) is 0 Å². The van der Waals surface area contributed by atoms with Crippen LogP contribution in [0, 0.1) is 0 Å². The van der Waals surface area contributed by atoms with Crippen LogP contribution in [-0.4, -0.2) is 5.78 Å². The average Bonchev–Trinajstić information content (AvgIpc) is 1.90. The predicted molar refractivity (Wildman–Crippen MR) is 55.3 cm³/mol. The van der Waals surface area contributed by atoms with Gasteiger partial charge in [-0.15, -0.1) is 0 Å². The lowest BCUT2D eigenvalue weighted by molar-refractivity contribution is -0.114. The molecule has 15 heavy (non-hydrogen) atoms. The minimum atomic E-state index is 0. The molecule has 0 saturated carbocycles. The molecule has 0 unspecified atom stereocenters. The maximum atomic E-state index is 9.44. The van der Waals surface area contributed by atoms with E-state index < -0.39 is 0 Å². The van der Waals surface area contributed by atoms with E-state index in [0.717, 1.165) is 0 Å². The van der Waals surface area contributed by atoms with Crippen LogP contribution in [0.1, 0.15) is 13.8 Å². The van der Waals surface area contributed by atoms with E-state index in [-0.39, 0.29) is 29.3 Å². The van der Waals surface area contributed by atoms with Crippen LogP contribution in [0.5, 0.6) is 0 Å². The van der Waals surface area contributed by atoms with Crippen molar-refractivity contribution in [2.75, 3.05) is 0 Å². The molecule has 94 valence electrons. The molecule has 0 fully saturated rings. The molecule has 0 N–H and O–H groups in total. The maximum absolute atomic E-state index is 9.44. The molecule has 1 aromatic carbocycles. The monoisotopic (exact) mass is 236 g/mol. The van der Waals surface area contributed by atoms with Crippen LogP contribution in [-0.2, 0) is 4.79 Å². The Morgan fingerprint density at radius 1 is 0.600 bits per heavy atom. The summed E-state index contributed by atoms with van der Waals surface area (Å²) in [5, 5.41) is 0. The van der Waals surface area contributed by atoms with Crippen LogP contribution < -0.4 is 0 Å². The van der Waals surface area contributed by atoms with Crippen molar-refractivity contribution < 1.29 is 28.3 Å². The quantitative estimate of drug-likeness (QED) is 0.633. The zero-order valence-electron chi connectivity index (χ0n) is 8.41. The highest BCUT2D eigenvalue weighted by Crippen LogP contribution is 1.79. The van der Waals surface area contributed by atoms with Crippen molar-refractivity contribution in [3.8, 4) is 0 Å². The topological polar surface area (TPSA) is 17.1 Å². The van der Waals surface area contributed by atoms with Crippen molar-refractivity contribution in [2.24, 2.45) is 0 Å². The molecule has 0 aliphatic heterocycles. The zero-order chi connectivity index (χ0) is 7.82. The highest BCUT2D eigenvalue weighted by Gasteiger charge is 1.62. The summed E-state index contributed by atoms with van der Waals surface area (Å²) in [5.74, 6) is 0.167. The Bertz CT molecular complexity index is 150. The summed E-state index contributed by atoms with van der Waals surface area (Å²) in [6.07, 6.45) is 0. The maximum Gasteiger partial charge on any atom is 0.126 e. The van der Waals surface area contributed by atoms with E-state index in [9.17, 15) is 4.79 Å². The van der Waals surface area contributed by atoms with Gasteiger partial charge in [0.15, 0.2) is 0 Å². The van der Waals surface area contributed by atoms with E-state index in [4.69, 9.17) is 0 Å². The number of ketones is 1. The van der Waals surface area contributed by atoms with Gasteiger partial charge in [0.2, 0.25) is 0 Å². The summed E-state index contributed by atoms with van der Waals surface area (Å²) >= 11 is 0. The first kappa shape index (κ1) is 37.5. The Morgan fingerprint density at radius 3 is 0.733 bits per heavy atom. The van der Waals surface area contributed by atoms with Crippen LogP contribution in [0.15, 0.2) is 36.4 Å². The Kier molecular flexibility index (Phi) is 73.3. The van der Waals surface area contributed by atoms with Crippen molar-refractivity contribution in [2.45, 2.75) is 13.8 Å². The van der Waals surface area contributed by atoms with Crippen molar-refractivity contribution in [3.05, 3.63) is 36.4 Å². The second-order valence-electron chi connectivity index (χ2n) is 2.06. The van der Waals surface area contributed by atoms with Crippen molar-refractivity contribution in [3.63, 3.8) is 0 Å². The molecule has 0 amide bonds. The molecule has 1 aromatic rings. The summed E-state index contributed by atoms with van der Waals surface area (Å²) in [6.45, 7) is 3.06. The fourth-order valence-corrected chi connectivity index (χ4v) is 0.385. The van der Waals surface area contributed by atoms with Gasteiger partial charge >= 0.3 is 0 Å². The number of carbonyl (C=O) groups is 1. The SMILES string of the molecule is CC(C)=O.F.F.F.F.F.c1ccccc1. The van der Waals surface area contributed by atoms with Gasteiger partial charge in [0.25, 0.3) is 0 Å². The number of benzene rings is 1. The fraction of sp³-hybridized carbons (Fsp3) is 0.222. The molecule has 1 rings (SSSR count). The highest BCUT2D eigenvalue weighted by atomic mass is 19.0. The summed E-state index contributed by atoms with van der Waals surface area (Å²) in [6, 6.07) is 12.0. The van der Waals surface area contributed by atoms with E-state index in [2.05, 4.69) is 0 Å². The van der Waals surface area contributed by atoms with Gasteiger partial charge in [-0.3, -0.25) is 23.5 Å². The number of Topliss-reactive ketones (excluding diaryl/α,β-unsaturated/α-hetero) is 1. The van der Waals surface area contributed by atoms with Crippen LogP contribution in [0.2, 0.25) is 0 Å². The first-order chi connectivity index (χ1) is 4.73. The number of rotatable bonds is 0. The first-order valence-corrected chi connectivity index (χ1v) is 3.20. The molecule has 0 aliphatic carbocycles. The van der Waals surface area contributed by atoms with Gasteiger partial charge in [-0.1, -0.05) is 36.4 Å². The average molecular weight is 236 g/mol. The molecule has 1 nitrogen and oxygen atoms in total.